The van der Waals surface area contributed by atoms with Gasteiger partial charge in [0.1, 0.15) is 22.3 Å². The van der Waals surface area contributed by atoms with Crippen molar-refractivity contribution in [2.45, 2.75) is 6.42 Å². The lowest BCUT2D eigenvalue weighted by atomic mass is 9.92. The quantitative estimate of drug-likeness (QED) is 0.177. The van der Waals surface area contributed by atoms with Crippen molar-refractivity contribution < 1.29 is 8.83 Å². The third kappa shape index (κ3) is 5.11. The molecule has 0 atom stereocenters. The molecule has 0 amide bonds. The number of allylic oxidation sites excluding steroid dienone is 2. The van der Waals surface area contributed by atoms with Crippen molar-refractivity contribution in [2.24, 2.45) is 0 Å². The predicted octanol–water partition coefficient (Wildman–Crippen LogP) is 15.5. The summed E-state index contributed by atoms with van der Waals surface area (Å²) in [6.07, 6.45) is 9.95. The molecule has 1 aliphatic rings. The molecule has 14 rings (SSSR count). The summed E-state index contributed by atoms with van der Waals surface area (Å²) in [6.45, 7) is 0. The summed E-state index contributed by atoms with van der Waals surface area (Å²) in [4.78, 5) is 16.3. The summed E-state index contributed by atoms with van der Waals surface area (Å²) in [5.74, 6) is 1.65. The Bertz CT molecular complexity index is 4180. The average Bonchev–Trinajstić information content (AvgIpc) is 3.97. The molecule has 298 valence electrons. The molecular formula is C58H34N4O2. The molecule has 6 heteroatoms. The molecule has 0 aliphatic heterocycles. The number of furan rings is 2. The number of rotatable bonds is 4. The minimum absolute atomic E-state index is 0.521. The van der Waals surface area contributed by atoms with Crippen LogP contribution in [-0.4, -0.2) is 19.5 Å². The topological polar surface area (TPSA) is 69.9 Å². The fourth-order valence-electron chi connectivity index (χ4n) is 10.2. The molecule has 0 radical (unpaired) electrons. The number of hydrogen-bond donors (Lipinski definition) is 0. The molecule has 0 spiro atoms. The molecule has 13 aromatic rings. The van der Waals surface area contributed by atoms with Crippen LogP contribution in [0.3, 0.4) is 0 Å². The fourth-order valence-corrected chi connectivity index (χ4v) is 10.2. The summed E-state index contributed by atoms with van der Waals surface area (Å²) >= 11 is 0. The molecule has 9 aromatic carbocycles. The zero-order valence-corrected chi connectivity index (χ0v) is 34.3. The van der Waals surface area contributed by atoms with Crippen LogP contribution in [0.25, 0.3) is 139 Å². The molecule has 1 aliphatic carbocycles. The molecule has 6 nitrogen and oxygen atoms in total. The SMILES string of the molecule is C1=Cc2c(c3c4cccc(-c5cccc6oc7ccccc7c56)c4n(-c4nc(-c5ccc6ccccc6c5)nc(-c5ccc6c(c5)oc5ccccc56)n4)c3c3ccccc23)C=CC1. The van der Waals surface area contributed by atoms with E-state index in [1.165, 1.54) is 16.5 Å². The molecule has 0 N–H and O–H groups in total. The van der Waals surface area contributed by atoms with Crippen LogP contribution in [-0.2, 0) is 0 Å². The number of benzene rings is 9. The van der Waals surface area contributed by atoms with Gasteiger partial charge in [0, 0.05) is 54.4 Å². The maximum atomic E-state index is 6.49. The molecule has 0 saturated heterocycles. The molecule has 0 fully saturated rings. The van der Waals surface area contributed by atoms with Crippen LogP contribution in [0.4, 0.5) is 0 Å². The van der Waals surface area contributed by atoms with Crippen LogP contribution in [0.1, 0.15) is 17.5 Å². The van der Waals surface area contributed by atoms with Gasteiger partial charge in [-0.25, -0.2) is 4.98 Å². The summed E-state index contributed by atoms with van der Waals surface area (Å²) in [6, 6.07) is 59.3. The molecule has 4 heterocycles. The Morgan fingerprint density at radius 2 is 1.00 bits per heavy atom. The number of aromatic nitrogens is 4. The van der Waals surface area contributed by atoms with E-state index in [0.717, 1.165) is 111 Å². The lowest BCUT2D eigenvalue weighted by Gasteiger charge is -2.15. The van der Waals surface area contributed by atoms with E-state index in [1.807, 2.05) is 30.3 Å². The number of fused-ring (bicyclic) bond motifs is 15. The second-order valence-corrected chi connectivity index (χ2v) is 16.6. The third-order valence-corrected chi connectivity index (χ3v) is 13.0. The summed E-state index contributed by atoms with van der Waals surface area (Å²) in [7, 11) is 0. The Kier molecular flexibility index (Phi) is 7.36. The highest BCUT2D eigenvalue weighted by Crippen LogP contribution is 2.47. The molecule has 4 aromatic heterocycles. The second-order valence-electron chi connectivity index (χ2n) is 16.6. The third-order valence-electron chi connectivity index (χ3n) is 13.0. The van der Waals surface area contributed by atoms with Gasteiger partial charge in [0.15, 0.2) is 11.6 Å². The van der Waals surface area contributed by atoms with Gasteiger partial charge in [-0.15, -0.1) is 0 Å². The van der Waals surface area contributed by atoms with E-state index in [2.05, 4.69) is 168 Å². The average molecular weight is 819 g/mol. The number of hydrogen-bond acceptors (Lipinski definition) is 5. The van der Waals surface area contributed by atoms with Crippen molar-refractivity contribution >= 4 is 99.4 Å². The Labute approximate surface area is 365 Å². The maximum Gasteiger partial charge on any atom is 0.238 e. The molecular weight excluding hydrogens is 785 g/mol. The minimum atomic E-state index is 0.521. The van der Waals surface area contributed by atoms with Crippen LogP contribution in [0.5, 0.6) is 0 Å². The zero-order chi connectivity index (χ0) is 41.9. The van der Waals surface area contributed by atoms with Crippen molar-refractivity contribution in [1.29, 1.82) is 0 Å². The molecule has 64 heavy (non-hydrogen) atoms. The standard InChI is InChI=1S/C58H34N4O2/c1-2-16-38-39-17-6-7-20-44(39)55-53(42(38)19-3-1)47-24-12-23-45(43-22-13-27-50-52(43)46-21-9-11-26-49(46)63-50)54(47)62(55)58-60-56(36-29-28-34-14-4-5-15-35(34)32-36)59-57(61-58)37-30-31-41-40-18-8-10-25-48(40)64-51(41)33-37/h2-33H,1H2. The van der Waals surface area contributed by atoms with Crippen molar-refractivity contribution in [3.05, 3.63) is 193 Å². The van der Waals surface area contributed by atoms with Gasteiger partial charge < -0.3 is 8.83 Å². The van der Waals surface area contributed by atoms with E-state index in [4.69, 9.17) is 23.8 Å². The van der Waals surface area contributed by atoms with Gasteiger partial charge in [-0.3, -0.25) is 4.57 Å². The fraction of sp³-hybridized carbons (Fsp3) is 0.0172. The van der Waals surface area contributed by atoms with Gasteiger partial charge in [0.05, 0.1) is 11.0 Å². The normalized spacial score (nSPS) is 12.8. The Hall–Kier alpha value is -8.61. The highest BCUT2D eigenvalue weighted by Gasteiger charge is 2.27. The number of para-hydroxylation sites is 3. The first kappa shape index (κ1) is 35.0. The highest BCUT2D eigenvalue weighted by atomic mass is 16.3. The molecule has 0 bridgehead atoms. The largest absolute Gasteiger partial charge is 0.456 e. The summed E-state index contributed by atoms with van der Waals surface area (Å²) in [5, 5.41) is 11.1. The summed E-state index contributed by atoms with van der Waals surface area (Å²) < 4.78 is 15.2. The van der Waals surface area contributed by atoms with Crippen LogP contribution >= 0.6 is 0 Å². The van der Waals surface area contributed by atoms with E-state index in [0.29, 0.717) is 17.6 Å². The second kappa shape index (κ2) is 13.4. The van der Waals surface area contributed by atoms with Gasteiger partial charge in [-0.05, 0) is 75.7 Å². The lowest BCUT2D eigenvalue weighted by Crippen LogP contribution is -2.07. The van der Waals surface area contributed by atoms with Crippen molar-refractivity contribution in [1.82, 2.24) is 19.5 Å². The minimum Gasteiger partial charge on any atom is -0.456 e. The Morgan fingerprint density at radius 3 is 1.86 bits per heavy atom. The predicted molar refractivity (Wildman–Crippen MR) is 263 cm³/mol. The number of nitrogens with zero attached hydrogens (tertiary/aromatic N) is 4. The van der Waals surface area contributed by atoms with E-state index in [-0.39, 0.29) is 0 Å². The van der Waals surface area contributed by atoms with Crippen LogP contribution < -0.4 is 0 Å². The van der Waals surface area contributed by atoms with Gasteiger partial charge in [-0.1, -0.05) is 158 Å². The smallest absolute Gasteiger partial charge is 0.238 e. The van der Waals surface area contributed by atoms with E-state index < -0.39 is 0 Å². The monoisotopic (exact) mass is 818 g/mol. The highest BCUT2D eigenvalue weighted by molar-refractivity contribution is 6.27. The molecule has 0 unspecified atom stereocenters. The first-order chi connectivity index (χ1) is 31.7. The van der Waals surface area contributed by atoms with E-state index >= 15 is 0 Å². The zero-order valence-electron chi connectivity index (χ0n) is 34.3. The van der Waals surface area contributed by atoms with Crippen molar-refractivity contribution in [3.63, 3.8) is 0 Å². The van der Waals surface area contributed by atoms with Crippen molar-refractivity contribution in [2.75, 3.05) is 0 Å². The first-order valence-electron chi connectivity index (χ1n) is 21.7. The first-order valence-corrected chi connectivity index (χ1v) is 21.7. The van der Waals surface area contributed by atoms with Gasteiger partial charge >= 0.3 is 0 Å². The van der Waals surface area contributed by atoms with Crippen LogP contribution in [0.2, 0.25) is 0 Å². The Balaban J connectivity index is 1.15. The van der Waals surface area contributed by atoms with Gasteiger partial charge in [0.2, 0.25) is 5.95 Å². The van der Waals surface area contributed by atoms with Crippen LogP contribution in [0, 0.1) is 0 Å². The van der Waals surface area contributed by atoms with E-state index in [1.54, 1.807) is 0 Å². The van der Waals surface area contributed by atoms with Gasteiger partial charge in [-0.2, -0.15) is 9.97 Å². The van der Waals surface area contributed by atoms with Crippen LogP contribution in [0.15, 0.2) is 191 Å². The molecule has 0 saturated carbocycles. The van der Waals surface area contributed by atoms with Crippen molar-refractivity contribution in [3.8, 4) is 39.9 Å². The van der Waals surface area contributed by atoms with Gasteiger partial charge in [0.25, 0.3) is 0 Å². The maximum absolute atomic E-state index is 6.49. The van der Waals surface area contributed by atoms with E-state index in [9.17, 15) is 0 Å². The Morgan fingerprint density at radius 1 is 0.391 bits per heavy atom. The lowest BCUT2D eigenvalue weighted by molar-refractivity contribution is 0.668. The summed E-state index contributed by atoms with van der Waals surface area (Å²) in [5.41, 5.74) is 11.6.